The molecule has 0 aliphatic heterocycles. The molecular weight excluding hydrogens is 186 g/mol. The largest absolute Gasteiger partial charge is 0.396 e. The van der Waals surface area contributed by atoms with E-state index in [1.165, 1.54) is 0 Å². The predicted molar refractivity (Wildman–Crippen MR) is 66.9 cm³/mol. The minimum Gasteiger partial charge on any atom is -0.396 e. The van der Waals surface area contributed by atoms with E-state index in [2.05, 4.69) is 31.9 Å². The number of hydrogen-bond acceptors (Lipinski definition) is 2. The summed E-state index contributed by atoms with van der Waals surface area (Å²) in [5.74, 6) is 0. The molecule has 2 nitrogen and oxygen atoms in total. The zero-order valence-electron chi connectivity index (χ0n) is 10.2. The summed E-state index contributed by atoms with van der Waals surface area (Å²) in [7, 11) is 0. The molecule has 0 fully saturated rings. The number of rotatable bonds is 9. The number of aliphatic hydroxyl groups is 1. The topological polar surface area (TPSA) is 23.5 Å². The van der Waals surface area contributed by atoms with Crippen LogP contribution in [-0.4, -0.2) is 36.2 Å². The lowest BCUT2D eigenvalue weighted by Gasteiger charge is -2.33. The molecule has 0 saturated heterocycles. The lowest BCUT2D eigenvalue weighted by atomic mass is 9.86. The van der Waals surface area contributed by atoms with Crippen LogP contribution in [0.2, 0.25) is 0 Å². The van der Waals surface area contributed by atoms with Crippen molar-refractivity contribution in [3.8, 4) is 0 Å². The van der Waals surface area contributed by atoms with E-state index in [0.717, 1.165) is 32.5 Å². The smallest absolute Gasteiger partial charge is 0.0497 e. The normalized spacial score (nSPS) is 14.9. The number of aliphatic hydroxyl groups excluding tert-OH is 1. The average molecular weight is 211 g/mol. The molecule has 0 aromatic rings. The molecule has 2 heteroatoms. The molecule has 0 amide bonds. The summed E-state index contributed by atoms with van der Waals surface area (Å²) < 4.78 is 0. The van der Waals surface area contributed by atoms with Crippen LogP contribution in [0.1, 0.15) is 26.7 Å². The summed E-state index contributed by atoms with van der Waals surface area (Å²) in [6.45, 7) is 14.6. The van der Waals surface area contributed by atoms with E-state index in [4.69, 9.17) is 0 Å². The fraction of sp³-hybridized carbons (Fsp3) is 0.692. The minimum atomic E-state index is 0.000764. The average Bonchev–Trinajstić information content (AvgIpc) is 2.19. The van der Waals surface area contributed by atoms with Crippen molar-refractivity contribution in [1.82, 2.24) is 4.90 Å². The summed E-state index contributed by atoms with van der Waals surface area (Å²) >= 11 is 0. The molecule has 0 bridgehead atoms. The molecule has 88 valence electrons. The molecule has 0 aromatic heterocycles. The van der Waals surface area contributed by atoms with Crippen LogP contribution >= 0.6 is 0 Å². The molecule has 1 N–H and O–H groups in total. The predicted octanol–water partition coefficient (Wildman–Crippen LogP) is 2.46. The second-order valence-corrected chi connectivity index (χ2v) is 4.49. The highest BCUT2D eigenvalue weighted by atomic mass is 16.3. The maximum Gasteiger partial charge on any atom is 0.0497 e. The Balaban J connectivity index is 4.30. The Morgan fingerprint density at radius 2 is 1.80 bits per heavy atom. The van der Waals surface area contributed by atoms with E-state index in [0.29, 0.717) is 0 Å². The fourth-order valence-corrected chi connectivity index (χ4v) is 1.92. The number of nitrogens with zero attached hydrogens (tertiary/aromatic N) is 1. The van der Waals surface area contributed by atoms with Gasteiger partial charge in [0.2, 0.25) is 0 Å². The molecule has 0 aliphatic rings. The van der Waals surface area contributed by atoms with Gasteiger partial charge in [0.25, 0.3) is 0 Å². The molecule has 0 aliphatic carbocycles. The summed E-state index contributed by atoms with van der Waals surface area (Å²) in [6, 6.07) is 0. The third kappa shape index (κ3) is 5.75. The van der Waals surface area contributed by atoms with Gasteiger partial charge in [-0.1, -0.05) is 32.4 Å². The Kier molecular flexibility index (Phi) is 7.35. The van der Waals surface area contributed by atoms with E-state index in [1.54, 1.807) is 0 Å². The first-order valence-electron chi connectivity index (χ1n) is 5.67. The van der Waals surface area contributed by atoms with Crippen molar-refractivity contribution in [2.24, 2.45) is 5.41 Å². The maximum atomic E-state index is 9.42. The molecule has 0 saturated carbocycles. The summed E-state index contributed by atoms with van der Waals surface area (Å²) in [5.41, 5.74) is 0.000764. The van der Waals surface area contributed by atoms with Crippen LogP contribution < -0.4 is 0 Å². The molecule has 0 rings (SSSR count). The van der Waals surface area contributed by atoms with Crippen molar-refractivity contribution in [3.05, 3.63) is 25.3 Å². The van der Waals surface area contributed by atoms with Crippen molar-refractivity contribution in [3.63, 3.8) is 0 Å². The lowest BCUT2D eigenvalue weighted by molar-refractivity contribution is 0.0893. The van der Waals surface area contributed by atoms with Crippen molar-refractivity contribution in [1.29, 1.82) is 0 Å². The number of hydrogen-bond donors (Lipinski definition) is 1. The van der Waals surface area contributed by atoms with E-state index in [-0.39, 0.29) is 12.0 Å². The van der Waals surface area contributed by atoms with E-state index >= 15 is 0 Å². The summed E-state index contributed by atoms with van der Waals surface area (Å²) in [6.07, 6.45) is 5.95. The van der Waals surface area contributed by atoms with Gasteiger partial charge in [0, 0.05) is 31.7 Å². The highest BCUT2D eigenvalue weighted by Gasteiger charge is 2.24. The Morgan fingerprint density at radius 1 is 1.27 bits per heavy atom. The molecule has 0 heterocycles. The van der Waals surface area contributed by atoms with Gasteiger partial charge in [0.1, 0.15) is 0 Å². The van der Waals surface area contributed by atoms with Crippen molar-refractivity contribution >= 4 is 0 Å². The monoisotopic (exact) mass is 211 g/mol. The van der Waals surface area contributed by atoms with Gasteiger partial charge in [-0.25, -0.2) is 0 Å². The first kappa shape index (κ1) is 14.4. The second kappa shape index (κ2) is 7.66. The first-order valence-corrected chi connectivity index (χ1v) is 5.67. The summed E-state index contributed by atoms with van der Waals surface area (Å²) in [4.78, 5) is 2.26. The zero-order valence-corrected chi connectivity index (χ0v) is 10.2. The Hall–Kier alpha value is -0.600. The Bertz CT molecular complexity index is 181. The van der Waals surface area contributed by atoms with Gasteiger partial charge in [0.15, 0.2) is 0 Å². The highest BCUT2D eigenvalue weighted by Crippen LogP contribution is 2.23. The van der Waals surface area contributed by atoms with Gasteiger partial charge in [-0.15, -0.1) is 13.2 Å². The SMILES string of the molecule is C=CCN(CC=C)CC(C)(CO)CCC. The van der Waals surface area contributed by atoms with Gasteiger partial charge in [0.05, 0.1) is 0 Å². The van der Waals surface area contributed by atoms with Crippen molar-refractivity contribution < 1.29 is 5.11 Å². The molecule has 0 spiro atoms. The summed E-state index contributed by atoms with van der Waals surface area (Å²) in [5, 5.41) is 9.42. The highest BCUT2D eigenvalue weighted by molar-refractivity contribution is 4.85. The van der Waals surface area contributed by atoms with Crippen LogP contribution in [0.5, 0.6) is 0 Å². The first-order chi connectivity index (χ1) is 7.11. The van der Waals surface area contributed by atoms with Crippen molar-refractivity contribution in [2.75, 3.05) is 26.2 Å². The van der Waals surface area contributed by atoms with E-state index in [1.807, 2.05) is 12.2 Å². The van der Waals surface area contributed by atoms with Crippen LogP contribution in [0.25, 0.3) is 0 Å². The van der Waals surface area contributed by atoms with Gasteiger partial charge in [-0.05, 0) is 6.42 Å². The van der Waals surface area contributed by atoms with Crippen LogP contribution in [0, 0.1) is 5.41 Å². The van der Waals surface area contributed by atoms with Crippen LogP contribution in [-0.2, 0) is 0 Å². The standard InChI is InChI=1S/C13H25NO/c1-5-8-13(4,12-15)11-14(9-6-2)10-7-3/h6-7,15H,2-3,5,8-12H2,1,4H3. The minimum absolute atomic E-state index is 0.000764. The zero-order chi connectivity index (χ0) is 11.7. The third-order valence-electron chi connectivity index (χ3n) is 2.62. The van der Waals surface area contributed by atoms with Gasteiger partial charge < -0.3 is 5.11 Å². The van der Waals surface area contributed by atoms with Crippen LogP contribution in [0.4, 0.5) is 0 Å². The maximum absolute atomic E-state index is 9.42. The quantitative estimate of drug-likeness (QED) is 0.592. The molecule has 15 heavy (non-hydrogen) atoms. The van der Waals surface area contributed by atoms with Gasteiger partial charge in [-0.2, -0.15) is 0 Å². The fourth-order valence-electron chi connectivity index (χ4n) is 1.92. The van der Waals surface area contributed by atoms with E-state index < -0.39 is 0 Å². The second-order valence-electron chi connectivity index (χ2n) is 4.49. The Morgan fingerprint density at radius 3 is 2.13 bits per heavy atom. The molecule has 0 radical (unpaired) electrons. The lowest BCUT2D eigenvalue weighted by Crippen LogP contribution is -2.38. The molecule has 0 aromatic carbocycles. The van der Waals surface area contributed by atoms with Crippen molar-refractivity contribution in [2.45, 2.75) is 26.7 Å². The third-order valence-corrected chi connectivity index (χ3v) is 2.62. The molecule has 1 atom stereocenters. The van der Waals surface area contributed by atoms with Crippen LogP contribution in [0.15, 0.2) is 25.3 Å². The molecule has 1 unspecified atom stereocenters. The van der Waals surface area contributed by atoms with E-state index in [9.17, 15) is 5.11 Å². The Labute approximate surface area is 94.3 Å². The van der Waals surface area contributed by atoms with Gasteiger partial charge >= 0.3 is 0 Å². The molecular formula is C13H25NO. The van der Waals surface area contributed by atoms with Gasteiger partial charge in [-0.3, -0.25) is 4.90 Å². The van der Waals surface area contributed by atoms with Crippen LogP contribution in [0.3, 0.4) is 0 Å².